The molecular formula is C21H23NO5. The van der Waals surface area contributed by atoms with Gasteiger partial charge in [-0.25, -0.2) is 4.79 Å². The molecule has 1 amide bonds. The van der Waals surface area contributed by atoms with Gasteiger partial charge in [0.2, 0.25) is 0 Å². The molecule has 0 unspecified atom stereocenters. The molecule has 0 aliphatic carbocycles. The molecular weight excluding hydrogens is 346 g/mol. The largest absolute Gasteiger partial charge is 0.490 e. The lowest BCUT2D eigenvalue weighted by atomic mass is 10.2. The van der Waals surface area contributed by atoms with Crippen LogP contribution in [0.5, 0.6) is 11.5 Å². The molecule has 6 heteroatoms. The van der Waals surface area contributed by atoms with Crippen molar-refractivity contribution in [3.63, 3.8) is 0 Å². The third-order valence-electron chi connectivity index (χ3n) is 3.38. The van der Waals surface area contributed by atoms with Gasteiger partial charge in [0.15, 0.2) is 18.1 Å². The van der Waals surface area contributed by atoms with Crippen LogP contribution in [0.4, 0.5) is 5.69 Å². The summed E-state index contributed by atoms with van der Waals surface area (Å²) in [6.45, 7) is 4.35. The summed E-state index contributed by atoms with van der Waals surface area (Å²) in [6, 6.07) is 14.4. The molecule has 2 aromatic carbocycles. The van der Waals surface area contributed by atoms with Crippen LogP contribution in [-0.4, -0.2) is 31.7 Å². The topological polar surface area (TPSA) is 73.9 Å². The molecule has 0 aliphatic heterocycles. The quantitative estimate of drug-likeness (QED) is 0.539. The zero-order valence-corrected chi connectivity index (χ0v) is 15.4. The van der Waals surface area contributed by atoms with Crippen LogP contribution < -0.4 is 14.8 Å². The first-order chi connectivity index (χ1) is 13.1. The number of rotatable bonds is 9. The molecule has 6 nitrogen and oxygen atoms in total. The number of benzene rings is 2. The van der Waals surface area contributed by atoms with Crippen molar-refractivity contribution in [1.29, 1.82) is 0 Å². The van der Waals surface area contributed by atoms with E-state index in [-0.39, 0.29) is 6.61 Å². The molecule has 0 heterocycles. The van der Waals surface area contributed by atoms with E-state index in [1.54, 1.807) is 24.3 Å². The second-order valence-corrected chi connectivity index (χ2v) is 5.43. The zero-order chi connectivity index (χ0) is 19.5. The van der Waals surface area contributed by atoms with Gasteiger partial charge in [-0.05, 0) is 37.6 Å². The van der Waals surface area contributed by atoms with Gasteiger partial charge in [0, 0.05) is 17.8 Å². The summed E-state index contributed by atoms with van der Waals surface area (Å²) in [5.41, 5.74) is 1.40. The number of anilines is 1. The Hall–Kier alpha value is -3.28. The summed E-state index contributed by atoms with van der Waals surface area (Å²) in [5.74, 6) is 0.119. The summed E-state index contributed by atoms with van der Waals surface area (Å²) in [7, 11) is 0. The van der Waals surface area contributed by atoms with Crippen LogP contribution in [0.1, 0.15) is 19.4 Å². The van der Waals surface area contributed by atoms with Gasteiger partial charge in [0.1, 0.15) is 0 Å². The van der Waals surface area contributed by atoms with Gasteiger partial charge in [-0.3, -0.25) is 4.79 Å². The van der Waals surface area contributed by atoms with Crippen molar-refractivity contribution in [2.45, 2.75) is 13.8 Å². The second-order valence-electron chi connectivity index (χ2n) is 5.43. The summed E-state index contributed by atoms with van der Waals surface area (Å²) in [4.78, 5) is 23.7. The number of carbonyl (C=O) groups is 2. The highest BCUT2D eigenvalue weighted by atomic mass is 16.5. The number of hydrogen-bond donors (Lipinski definition) is 1. The number of esters is 1. The van der Waals surface area contributed by atoms with Gasteiger partial charge in [0.05, 0.1) is 13.2 Å². The van der Waals surface area contributed by atoms with E-state index < -0.39 is 11.9 Å². The monoisotopic (exact) mass is 369 g/mol. The molecule has 0 saturated heterocycles. The third kappa shape index (κ3) is 6.86. The summed E-state index contributed by atoms with van der Waals surface area (Å²) in [6.07, 6.45) is 2.91. The van der Waals surface area contributed by atoms with E-state index >= 15 is 0 Å². The van der Waals surface area contributed by atoms with Gasteiger partial charge in [-0.1, -0.05) is 30.3 Å². The maximum atomic E-state index is 12.0. The maximum absolute atomic E-state index is 12.0. The Morgan fingerprint density at radius 2 is 1.67 bits per heavy atom. The predicted octanol–water partition coefficient (Wildman–Crippen LogP) is 3.68. The lowest BCUT2D eigenvalue weighted by Crippen LogP contribution is -2.20. The number of hydrogen-bond acceptors (Lipinski definition) is 5. The minimum atomic E-state index is -0.587. The molecule has 0 radical (unpaired) electrons. The van der Waals surface area contributed by atoms with Crippen LogP contribution in [0.3, 0.4) is 0 Å². The van der Waals surface area contributed by atoms with Crippen molar-refractivity contribution >= 4 is 23.6 Å². The molecule has 2 aromatic rings. The third-order valence-corrected chi connectivity index (χ3v) is 3.38. The van der Waals surface area contributed by atoms with Crippen LogP contribution in [0, 0.1) is 0 Å². The first-order valence-electron chi connectivity index (χ1n) is 8.71. The van der Waals surface area contributed by atoms with Crippen LogP contribution in [0.2, 0.25) is 0 Å². The Bertz CT molecular complexity index is 786. The number of carbonyl (C=O) groups excluding carboxylic acids is 2. The predicted molar refractivity (Wildman–Crippen MR) is 104 cm³/mol. The van der Waals surface area contributed by atoms with Gasteiger partial charge in [-0.2, -0.15) is 0 Å². The summed E-state index contributed by atoms with van der Waals surface area (Å²) in [5, 5.41) is 2.66. The van der Waals surface area contributed by atoms with E-state index in [2.05, 4.69) is 5.32 Å². The molecule has 0 spiro atoms. The Kier molecular flexibility index (Phi) is 7.91. The van der Waals surface area contributed by atoms with Crippen molar-refractivity contribution < 1.29 is 23.8 Å². The van der Waals surface area contributed by atoms with Gasteiger partial charge < -0.3 is 19.5 Å². The molecule has 0 bridgehead atoms. The fourth-order valence-corrected chi connectivity index (χ4v) is 2.24. The molecule has 0 saturated carbocycles. The minimum absolute atomic E-state index is 0.380. The highest BCUT2D eigenvalue weighted by Gasteiger charge is 2.10. The first kappa shape index (κ1) is 20.0. The highest BCUT2D eigenvalue weighted by molar-refractivity contribution is 5.94. The maximum Gasteiger partial charge on any atom is 0.331 e. The molecule has 27 heavy (non-hydrogen) atoms. The van der Waals surface area contributed by atoms with Crippen LogP contribution in [0.15, 0.2) is 54.6 Å². The van der Waals surface area contributed by atoms with Crippen LogP contribution in [0.25, 0.3) is 6.08 Å². The zero-order valence-electron chi connectivity index (χ0n) is 15.4. The van der Waals surface area contributed by atoms with E-state index in [0.29, 0.717) is 30.4 Å². The summed E-state index contributed by atoms with van der Waals surface area (Å²) < 4.78 is 15.9. The SMILES string of the molecule is CCOc1ccc(NC(=O)COC(=O)/C=C/c2ccccc2)cc1OCC. The molecule has 142 valence electrons. The van der Waals surface area contributed by atoms with E-state index in [0.717, 1.165) is 5.56 Å². The van der Waals surface area contributed by atoms with Crippen LogP contribution in [-0.2, 0) is 14.3 Å². The molecule has 0 fully saturated rings. The second kappa shape index (κ2) is 10.7. The standard InChI is InChI=1S/C21H23NO5/c1-3-25-18-12-11-17(14-19(18)26-4-2)22-20(23)15-27-21(24)13-10-16-8-6-5-7-9-16/h5-14H,3-4,15H2,1-2H3,(H,22,23)/b13-10+. The molecule has 0 aliphatic rings. The molecule has 1 N–H and O–H groups in total. The van der Waals surface area contributed by atoms with Gasteiger partial charge in [0.25, 0.3) is 5.91 Å². The van der Waals surface area contributed by atoms with Crippen LogP contribution >= 0.6 is 0 Å². The number of ether oxygens (including phenoxy) is 3. The minimum Gasteiger partial charge on any atom is -0.490 e. The lowest BCUT2D eigenvalue weighted by Gasteiger charge is -2.13. The van der Waals surface area contributed by atoms with E-state index in [1.165, 1.54) is 6.08 Å². The van der Waals surface area contributed by atoms with Crippen molar-refractivity contribution in [1.82, 2.24) is 0 Å². The smallest absolute Gasteiger partial charge is 0.331 e. The van der Waals surface area contributed by atoms with Gasteiger partial charge >= 0.3 is 5.97 Å². The van der Waals surface area contributed by atoms with E-state index in [1.807, 2.05) is 44.2 Å². The average molecular weight is 369 g/mol. The fourth-order valence-electron chi connectivity index (χ4n) is 2.24. The van der Waals surface area contributed by atoms with Crippen molar-refractivity contribution in [3.05, 3.63) is 60.2 Å². The highest BCUT2D eigenvalue weighted by Crippen LogP contribution is 2.30. The summed E-state index contributed by atoms with van der Waals surface area (Å²) >= 11 is 0. The number of nitrogens with one attached hydrogen (secondary N) is 1. The molecule has 2 rings (SSSR count). The Balaban J connectivity index is 1.87. The fraction of sp³-hybridized carbons (Fsp3) is 0.238. The van der Waals surface area contributed by atoms with Crippen molar-refractivity contribution in [2.75, 3.05) is 25.1 Å². The normalized spacial score (nSPS) is 10.4. The van der Waals surface area contributed by atoms with Crippen molar-refractivity contribution in [3.8, 4) is 11.5 Å². The van der Waals surface area contributed by atoms with E-state index in [9.17, 15) is 9.59 Å². The lowest BCUT2D eigenvalue weighted by molar-refractivity contribution is -0.142. The van der Waals surface area contributed by atoms with E-state index in [4.69, 9.17) is 14.2 Å². The Morgan fingerprint density at radius 1 is 0.963 bits per heavy atom. The number of amides is 1. The molecule has 0 aromatic heterocycles. The Labute approximate surface area is 158 Å². The van der Waals surface area contributed by atoms with Gasteiger partial charge in [-0.15, -0.1) is 0 Å². The molecule has 0 atom stereocenters. The average Bonchev–Trinajstić information content (AvgIpc) is 2.68. The van der Waals surface area contributed by atoms with Crippen molar-refractivity contribution in [2.24, 2.45) is 0 Å². The first-order valence-corrected chi connectivity index (χ1v) is 8.71. The Morgan fingerprint density at radius 3 is 2.37 bits per heavy atom.